The second kappa shape index (κ2) is 7.66. The van der Waals surface area contributed by atoms with Gasteiger partial charge in [-0.25, -0.2) is 0 Å². The average Bonchev–Trinajstić information content (AvgIpc) is 3.60. The molecule has 4 aliphatic rings. The first kappa shape index (κ1) is 20.9. The molecule has 176 valence electrons. The van der Waals surface area contributed by atoms with Crippen molar-refractivity contribution in [2.24, 2.45) is 11.8 Å². The Balaban J connectivity index is 1.21. The van der Waals surface area contributed by atoms with Gasteiger partial charge >= 0.3 is 0 Å². The molecule has 0 aliphatic carbocycles. The van der Waals surface area contributed by atoms with E-state index in [2.05, 4.69) is 5.32 Å². The van der Waals surface area contributed by atoms with Crippen molar-refractivity contribution in [3.63, 3.8) is 0 Å². The van der Waals surface area contributed by atoms with Gasteiger partial charge in [0.05, 0.1) is 38.7 Å². The van der Waals surface area contributed by atoms with Crippen LogP contribution in [0, 0.1) is 11.8 Å². The van der Waals surface area contributed by atoms with E-state index in [4.69, 9.17) is 23.7 Å². The first-order chi connectivity index (χ1) is 16.5. The Morgan fingerprint density at radius 2 is 1.94 bits per heavy atom. The summed E-state index contributed by atoms with van der Waals surface area (Å²) in [7, 11) is 3.09. The number of carbonyl (C=O) groups is 2. The minimum absolute atomic E-state index is 0.0861. The number of amides is 2. The summed E-state index contributed by atoms with van der Waals surface area (Å²) in [5, 5.41) is 2.93. The Bertz CT molecular complexity index is 1210. The molecule has 4 aliphatic heterocycles. The molecule has 2 aromatic rings. The summed E-state index contributed by atoms with van der Waals surface area (Å²) < 4.78 is 27.6. The lowest BCUT2D eigenvalue weighted by atomic mass is 9.77. The molecule has 1 spiro atoms. The number of likely N-dealkylation sites (tertiary alicyclic amines) is 1. The number of rotatable bonds is 6. The molecule has 0 unspecified atom stereocenters. The van der Waals surface area contributed by atoms with Crippen molar-refractivity contribution in [2.75, 3.05) is 32.9 Å². The topological polar surface area (TPSA) is 95.6 Å². The zero-order valence-electron chi connectivity index (χ0n) is 18.8. The second-order valence-corrected chi connectivity index (χ2v) is 8.84. The summed E-state index contributed by atoms with van der Waals surface area (Å²) in [6.45, 7) is 1.00. The van der Waals surface area contributed by atoms with Gasteiger partial charge in [-0.1, -0.05) is 18.2 Å². The molecular weight excluding hydrogens is 440 g/mol. The van der Waals surface area contributed by atoms with Gasteiger partial charge in [0.25, 0.3) is 0 Å². The lowest BCUT2D eigenvalue weighted by Gasteiger charge is -2.23. The van der Waals surface area contributed by atoms with Crippen molar-refractivity contribution >= 4 is 17.5 Å². The summed E-state index contributed by atoms with van der Waals surface area (Å²) in [5.41, 5.74) is 0.711. The Morgan fingerprint density at radius 1 is 1.12 bits per heavy atom. The number of methoxy groups -OCH3 is 2. The first-order valence-electron chi connectivity index (χ1n) is 11.1. The molecule has 2 aromatic carbocycles. The normalized spacial score (nSPS) is 27.8. The standard InChI is InChI=1S/C25H24N2O7/c1-30-16-6-4-15(10-19(16)31-2)26-23(28)21-18-7-8-25(34-18)12-27(24(29)22(21)25)11-14-3-5-17-20(9-14)33-13-32-17/h3-10,18,21-22H,11-13H2,1-2H3,(H,26,28)/t18-,21-,22-,25+/m1/s1. The number of hydrogen-bond acceptors (Lipinski definition) is 7. The fourth-order valence-electron chi connectivity index (χ4n) is 5.41. The number of hydrogen-bond donors (Lipinski definition) is 1. The van der Waals surface area contributed by atoms with Crippen LogP contribution in [0.25, 0.3) is 0 Å². The Morgan fingerprint density at radius 3 is 2.76 bits per heavy atom. The third-order valence-electron chi connectivity index (χ3n) is 6.94. The molecule has 2 saturated heterocycles. The van der Waals surface area contributed by atoms with Gasteiger partial charge in [0, 0.05) is 18.3 Å². The van der Waals surface area contributed by atoms with E-state index < -0.39 is 23.5 Å². The van der Waals surface area contributed by atoms with Crippen molar-refractivity contribution in [1.29, 1.82) is 0 Å². The van der Waals surface area contributed by atoms with Crippen LogP contribution in [0.15, 0.2) is 48.6 Å². The highest BCUT2D eigenvalue weighted by atomic mass is 16.7. The quantitative estimate of drug-likeness (QED) is 0.656. The fourth-order valence-corrected chi connectivity index (χ4v) is 5.41. The highest BCUT2D eigenvalue weighted by molar-refractivity contribution is 5.99. The van der Waals surface area contributed by atoms with Crippen LogP contribution < -0.4 is 24.3 Å². The molecule has 2 bridgehead atoms. The molecule has 0 radical (unpaired) electrons. The van der Waals surface area contributed by atoms with Crippen LogP contribution >= 0.6 is 0 Å². The summed E-state index contributed by atoms with van der Waals surface area (Å²) in [6, 6.07) is 10.8. The van der Waals surface area contributed by atoms with Crippen molar-refractivity contribution < 1.29 is 33.3 Å². The van der Waals surface area contributed by atoms with Gasteiger partial charge in [0.2, 0.25) is 18.6 Å². The lowest BCUT2D eigenvalue weighted by molar-refractivity contribution is -0.136. The van der Waals surface area contributed by atoms with Gasteiger partial charge in [0.15, 0.2) is 23.0 Å². The summed E-state index contributed by atoms with van der Waals surface area (Å²) in [6.07, 6.45) is 3.41. The van der Waals surface area contributed by atoms with E-state index >= 15 is 0 Å². The largest absolute Gasteiger partial charge is 0.493 e. The highest BCUT2D eigenvalue weighted by Crippen LogP contribution is 2.52. The molecular formula is C25H24N2O7. The van der Waals surface area contributed by atoms with Crippen molar-refractivity contribution in [3.8, 4) is 23.0 Å². The molecule has 4 atom stereocenters. The number of nitrogens with one attached hydrogen (secondary N) is 1. The molecule has 34 heavy (non-hydrogen) atoms. The van der Waals surface area contributed by atoms with Gasteiger partial charge in [-0.05, 0) is 29.8 Å². The number of ether oxygens (including phenoxy) is 5. The van der Waals surface area contributed by atoms with Crippen LogP contribution in [0.3, 0.4) is 0 Å². The van der Waals surface area contributed by atoms with E-state index in [0.717, 1.165) is 5.56 Å². The smallest absolute Gasteiger partial charge is 0.231 e. The van der Waals surface area contributed by atoms with E-state index in [0.29, 0.717) is 41.8 Å². The van der Waals surface area contributed by atoms with Gasteiger partial charge < -0.3 is 33.9 Å². The van der Waals surface area contributed by atoms with Crippen molar-refractivity contribution in [1.82, 2.24) is 4.90 Å². The molecule has 1 N–H and O–H groups in total. The molecule has 9 nitrogen and oxygen atoms in total. The number of anilines is 1. The zero-order valence-corrected chi connectivity index (χ0v) is 18.8. The maximum atomic E-state index is 13.5. The molecule has 4 heterocycles. The summed E-state index contributed by atoms with van der Waals surface area (Å²) in [5.74, 6) is 0.909. The lowest BCUT2D eigenvalue weighted by Crippen LogP contribution is -2.41. The molecule has 9 heteroatoms. The number of nitrogens with zero attached hydrogens (tertiary/aromatic N) is 1. The maximum Gasteiger partial charge on any atom is 0.231 e. The maximum absolute atomic E-state index is 13.5. The van der Waals surface area contributed by atoms with E-state index in [9.17, 15) is 9.59 Å². The molecule has 6 rings (SSSR count). The second-order valence-electron chi connectivity index (χ2n) is 8.84. The summed E-state index contributed by atoms with van der Waals surface area (Å²) >= 11 is 0. The first-order valence-corrected chi connectivity index (χ1v) is 11.1. The van der Waals surface area contributed by atoms with Crippen molar-refractivity contribution in [3.05, 3.63) is 54.1 Å². The highest BCUT2D eigenvalue weighted by Gasteiger charge is 2.66. The van der Waals surface area contributed by atoms with Gasteiger partial charge in [-0.15, -0.1) is 0 Å². The Hall–Kier alpha value is -3.72. The number of carbonyl (C=O) groups excluding carboxylic acids is 2. The van der Waals surface area contributed by atoms with Gasteiger partial charge in [-0.3, -0.25) is 9.59 Å². The molecule has 0 aromatic heterocycles. The van der Waals surface area contributed by atoms with E-state index in [1.165, 1.54) is 7.11 Å². The average molecular weight is 464 g/mol. The van der Waals surface area contributed by atoms with E-state index in [-0.39, 0.29) is 18.6 Å². The van der Waals surface area contributed by atoms with Crippen LogP contribution in [0.2, 0.25) is 0 Å². The van der Waals surface area contributed by atoms with Crippen LogP contribution in [0.1, 0.15) is 5.56 Å². The number of fused-ring (bicyclic) bond motifs is 2. The van der Waals surface area contributed by atoms with Gasteiger partial charge in [0.1, 0.15) is 5.60 Å². The van der Waals surface area contributed by atoms with E-state index in [1.54, 1.807) is 30.2 Å². The fraction of sp³-hybridized carbons (Fsp3) is 0.360. The number of benzene rings is 2. The third-order valence-corrected chi connectivity index (χ3v) is 6.94. The predicted molar refractivity (Wildman–Crippen MR) is 120 cm³/mol. The minimum Gasteiger partial charge on any atom is -0.493 e. The Kier molecular flexibility index (Phi) is 4.70. The van der Waals surface area contributed by atoms with Crippen LogP contribution in [-0.2, 0) is 20.9 Å². The molecule has 2 amide bonds. The SMILES string of the molecule is COc1ccc(NC(=O)[C@@H]2[C@H]3C=C[C@@]4(CN(Cc5ccc6c(c5)OCO6)C(=O)[C@@H]24)O3)cc1OC. The van der Waals surface area contributed by atoms with Crippen LogP contribution in [-0.4, -0.2) is 56.0 Å². The predicted octanol–water partition coefficient (Wildman–Crippen LogP) is 2.35. The molecule has 2 fully saturated rings. The van der Waals surface area contributed by atoms with Crippen LogP contribution in [0.5, 0.6) is 23.0 Å². The van der Waals surface area contributed by atoms with Crippen molar-refractivity contribution in [2.45, 2.75) is 18.2 Å². The third kappa shape index (κ3) is 3.11. The summed E-state index contributed by atoms with van der Waals surface area (Å²) in [4.78, 5) is 28.6. The van der Waals surface area contributed by atoms with E-state index in [1.807, 2.05) is 30.4 Å². The Labute approximate surface area is 196 Å². The van der Waals surface area contributed by atoms with Crippen LogP contribution in [0.4, 0.5) is 5.69 Å². The zero-order chi connectivity index (χ0) is 23.4. The minimum atomic E-state index is -0.780. The molecule has 0 saturated carbocycles. The van der Waals surface area contributed by atoms with Gasteiger partial charge in [-0.2, -0.15) is 0 Å². The monoisotopic (exact) mass is 464 g/mol.